The summed E-state index contributed by atoms with van der Waals surface area (Å²) in [6, 6.07) is -0.108. The molecule has 2 aliphatic carbocycles. The van der Waals surface area contributed by atoms with Gasteiger partial charge in [-0.1, -0.05) is 0 Å². The van der Waals surface area contributed by atoms with Gasteiger partial charge in [-0.3, -0.25) is 4.79 Å². The van der Waals surface area contributed by atoms with Crippen LogP contribution in [0.5, 0.6) is 0 Å². The van der Waals surface area contributed by atoms with Crippen molar-refractivity contribution in [3.63, 3.8) is 0 Å². The summed E-state index contributed by atoms with van der Waals surface area (Å²) >= 11 is 1.23. The summed E-state index contributed by atoms with van der Waals surface area (Å²) in [4.78, 5) is 12.8. The molecule has 2 bridgehead atoms. The first-order valence-electron chi connectivity index (χ1n) is 9.73. The third kappa shape index (κ3) is 3.17. The quantitative estimate of drug-likeness (QED) is 0.435. The van der Waals surface area contributed by atoms with Gasteiger partial charge in [0.15, 0.2) is 5.84 Å². The fraction of sp³-hybridized carbons (Fsp3) is 0.647. The van der Waals surface area contributed by atoms with Crippen LogP contribution in [-0.4, -0.2) is 58.3 Å². The molecule has 5 atom stereocenters. The van der Waals surface area contributed by atoms with E-state index in [1.165, 1.54) is 11.8 Å². The van der Waals surface area contributed by atoms with E-state index in [2.05, 4.69) is 19.8 Å². The highest BCUT2D eigenvalue weighted by Crippen LogP contribution is 2.52. The molecule has 1 amide bonds. The Labute approximate surface area is 178 Å². The molecule has 3 aliphatic heterocycles. The highest BCUT2D eigenvalue weighted by atomic mass is 32.2. The average Bonchev–Trinajstić information content (AvgIpc) is 3.33. The van der Waals surface area contributed by atoms with Gasteiger partial charge in [0, 0.05) is 30.2 Å². The van der Waals surface area contributed by atoms with E-state index >= 15 is 0 Å². The molecule has 5 rings (SSSR count). The molecule has 2 fully saturated rings. The van der Waals surface area contributed by atoms with Crippen LogP contribution in [0.25, 0.3) is 0 Å². The third-order valence-electron chi connectivity index (χ3n) is 6.59. The van der Waals surface area contributed by atoms with Gasteiger partial charge in [-0.15, -0.1) is 16.2 Å². The van der Waals surface area contributed by atoms with Crippen LogP contribution in [0.3, 0.4) is 0 Å². The van der Waals surface area contributed by atoms with E-state index in [1.807, 2.05) is 0 Å². The summed E-state index contributed by atoms with van der Waals surface area (Å²) in [7, 11) is -7.60. The second-order valence-corrected chi connectivity index (χ2v) is 12.9. The van der Waals surface area contributed by atoms with E-state index < -0.39 is 31.9 Å². The minimum Gasteiger partial charge on any atom is -0.511 e. The molecule has 3 heterocycles. The van der Waals surface area contributed by atoms with Gasteiger partial charge in [-0.25, -0.2) is 13.1 Å². The number of carbonyl (C=O) groups excluding carboxylic acids is 1. The predicted molar refractivity (Wildman–Crippen MR) is 111 cm³/mol. The van der Waals surface area contributed by atoms with E-state index in [0.717, 1.165) is 25.5 Å². The smallest absolute Gasteiger partial charge is 0.283 e. The summed E-state index contributed by atoms with van der Waals surface area (Å²) in [5.74, 6) is -0.575. The zero-order valence-electron chi connectivity index (χ0n) is 16.1. The van der Waals surface area contributed by atoms with Crippen LogP contribution in [0.15, 0.2) is 25.7 Å². The lowest BCUT2D eigenvalue weighted by Gasteiger charge is -2.36. The van der Waals surface area contributed by atoms with Gasteiger partial charge in [-0.2, -0.15) is 8.42 Å². The fourth-order valence-electron chi connectivity index (χ4n) is 5.38. The van der Waals surface area contributed by atoms with Crippen LogP contribution < -0.4 is 15.4 Å². The number of hydrogen-bond donors (Lipinski definition) is 4. The van der Waals surface area contributed by atoms with Crippen molar-refractivity contribution in [2.45, 2.75) is 25.3 Å². The molecule has 0 aromatic heterocycles. The van der Waals surface area contributed by atoms with Gasteiger partial charge < -0.3 is 15.7 Å². The molecule has 30 heavy (non-hydrogen) atoms. The first-order chi connectivity index (χ1) is 14.0. The Hall–Kier alpha value is -1.57. The lowest BCUT2D eigenvalue weighted by molar-refractivity contribution is -0.119. The Bertz CT molecular complexity index is 1140. The van der Waals surface area contributed by atoms with Crippen LogP contribution in [-0.2, 0) is 24.8 Å². The van der Waals surface area contributed by atoms with Crippen molar-refractivity contribution < 1.29 is 26.7 Å². The SMILES string of the molecule is CS(=O)(=O)NCC1CSC2=C1S(=O)(=O)N=C(C1=C(O)C3C(NC1=O)[C@@H]1CC[C@H]3C1)N2. The van der Waals surface area contributed by atoms with Crippen LogP contribution in [0.2, 0.25) is 0 Å². The molecule has 4 N–H and O–H groups in total. The highest BCUT2D eigenvalue weighted by Gasteiger charge is 2.54. The second kappa shape index (κ2) is 6.71. The van der Waals surface area contributed by atoms with Gasteiger partial charge in [0.25, 0.3) is 15.9 Å². The van der Waals surface area contributed by atoms with E-state index in [0.29, 0.717) is 16.7 Å². The van der Waals surface area contributed by atoms with E-state index in [-0.39, 0.29) is 46.5 Å². The van der Waals surface area contributed by atoms with Gasteiger partial charge in [0.2, 0.25) is 10.0 Å². The van der Waals surface area contributed by atoms with Crippen LogP contribution in [0.1, 0.15) is 19.3 Å². The zero-order valence-corrected chi connectivity index (χ0v) is 18.5. The topological polar surface area (TPSA) is 154 Å². The van der Waals surface area contributed by atoms with Crippen LogP contribution in [0, 0.1) is 23.7 Å². The lowest BCUT2D eigenvalue weighted by Crippen LogP contribution is -2.52. The van der Waals surface area contributed by atoms with Crippen molar-refractivity contribution in [1.29, 1.82) is 0 Å². The van der Waals surface area contributed by atoms with Gasteiger partial charge in [0.1, 0.15) is 16.2 Å². The Morgan fingerprint density at radius 1 is 1.30 bits per heavy atom. The molecule has 13 heteroatoms. The lowest BCUT2D eigenvalue weighted by atomic mass is 9.79. The highest BCUT2D eigenvalue weighted by molar-refractivity contribution is 8.05. The number of thioether (sulfide) groups is 1. The van der Waals surface area contributed by atoms with Crippen molar-refractivity contribution in [2.75, 3.05) is 18.6 Å². The van der Waals surface area contributed by atoms with Crippen molar-refractivity contribution in [2.24, 2.45) is 28.1 Å². The monoisotopic (exact) mass is 474 g/mol. The molecule has 0 aromatic carbocycles. The Morgan fingerprint density at radius 2 is 2.03 bits per heavy atom. The molecule has 5 aliphatic rings. The summed E-state index contributed by atoms with van der Waals surface area (Å²) < 4.78 is 54.7. The predicted octanol–water partition coefficient (Wildman–Crippen LogP) is -0.244. The Morgan fingerprint density at radius 3 is 2.77 bits per heavy atom. The van der Waals surface area contributed by atoms with Crippen LogP contribution >= 0.6 is 11.8 Å². The number of amides is 1. The number of aliphatic hydroxyl groups excluding tert-OH is 1. The van der Waals surface area contributed by atoms with Gasteiger partial charge in [0.05, 0.1) is 11.3 Å². The minimum absolute atomic E-state index is 0.0153. The third-order valence-corrected chi connectivity index (χ3v) is 10.1. The number of hydrogen-bond acceptors (Lipinski definition) is 8. The van der Waals surface area contributed by atoms with E-state index in [1.54, 1.807) is 0 Å². The number of aliphatic hydroxyl groups is 1. The maximum absolute atomic E-state index is 12.9. The van der Waals surface area contributed by atoms with Crippen molar-refractivity contribution in [3.8, 4) is 0 Å². The number of sulfonamides is 2. The standard InChI is InChI=1S/C17H22N4O6S3/c1-29(24,25)18-5-9-6-28-17-14(9)30(26,27)21-15(20-17)11-13(22)10-7-2-3-8(4-7)12(10)19-16(11)23/h7-10,12,18,22H,2-6H2,1H3,(H,19,23)(H,20,21)/t7-,8+,9?,10?,12?/m0/s1. The maximum Gasteiger partial charge on any atom is 0.283 e. The molecule has 3 unspecified atom stereocenters. The first kappa shape index (κ1) is 20.3. The fourth-order valence-corrected chi connectivity index (χ4v) is 8.96. The largest absolute Gasteiger partial charge is 0.511 e. The molecule has 10 nitrogen and oxygen atoms in total. The normalized spacial score (nSPS) is 36.9. The van der Waals surface area contributed by atoms with Crippen molar-refractivity contribution in [3.05, 3.63) is 21.3 Å². The summed E-state index contributed by atoms with van der Waals surface area (Å²) in [6.45, 7) is -0.0579. The van der Waals surface area contributed by atoms with Crippen LogP contribution in [0.4, 0.5) is 0 Å². The Balaban J connectivity index is 1.47. The Kier molecular flexibility index (Phi) is 4.55. The second-order valence-electron chi connectivity index (χ2n) is 8.48. The number of amidine groups is 1. The summed E-state index contributed by atoms with van der Waals surface area (Å²) in [5, 5.41) is 17.1. The number of rotatable bonds is 4. The van der Waals surface area contributed by atoms with Crippen molar-refractivity contribution >= 4 is 43.6 Å². The number of nitrogens with one attached hydrogen (secondary N) is 3. The van der Waals surface area contributed by atoms with Gasteiger partial charge in [-0.05, 0) is 31.1 Å². The van der Waals surface area contributed by atoms with E-state index in [4.69, 9.17) is 0 Å². The molecule has 2 saturated carbocycles. The molecule has 0 saturated heterocycles. The molecule has 164 valence electrons. The summed E-state index contributed by atoms with van der Waals surface area (Å²) in [6.07, 6.45) is 3.97. The molecular weight excluding hydrogens is 452 g/mol. The molecular formula is C17H22N4O6S3. The number of fused-ring (bicyclic) bond motifs is 5. The summed E-state index contributed by atoms with van der Waals surface area (Å²) in [5.41, 5.74) is -0.114. The number of nitrogens with zero attached hydrogens (tertiary/aromatic N) is 1. The average molecular weight is 475 g/mol. The molecule has 0 spiro atoms. The molecule has 0 aromatic rings. The van der Waals surface area contributed by atoms with Crippen molar-refractivity contribution in [1.82, 2.24) is 15.4 Å². The van der Waals surface area contributed by atoms with E-state index in [9.17, 15) is 26.7 Å². The number of carbonyl (C=O) groups is 1. The maximum atomic E-state index is 12.9. The minimum atomic E-state index is -4.13. The van der Waals surface area contributed by atoms with Gasteiger partial charge >= 0.3 is 0 Å². The zero-order chi connectivity index (χ0) is 21.4. The first-order valence-corrected chi connectivity index (χ1v) is 14.0. The molecule has 0 radical (unpaired) electrons.